The summed E-state index contributed by atoms with van der Waals surface area (Å²) in [5, 5.41) is 15.6. The van der Waals surface area contributed by atoms with Crippen molar-refractivity contribution in [1.82, 2.24) is 10.6 Å². The highest BCUT2D eigenvalue weighted by atomic mass is 16.3. The summed E-state index contributed by atoms with van der Waals surface area (Å²) in [6.45, 7) is 2.46. The van der Waals surface area contributed by atoms with Crippen LogP contribution in [0.15, 0.2) is 22.8 Å². The van der Waals surface area contributed by atoms with Gasteiger partial charge in [-0.05, 0) is 37.8 Å². The van der Waals surface area contributed by atoms with Gasteiger partial charge in [0.05, 0.1) is 18.8 Å². The predicted octanol–water partition coefficient (Wildman–Crippen LogP) is 1.42. The minimum absolute atomic E-state index is 0.0383. The first-order valence-electron chi connectivity index (χ1n) is 7.37. The van der Waals surface area contributed by atoms with E-state index in [9.17, 15) is 9.90 Å². The van der Waals surface area contributed by atoms with Gasteiger partial charge in [0.1, 0.15) is 5.76 Å². The highest BCUT2D eigenvalue weighted by Gasteiger charge is 2.27. The Kier molecular flexibility index (Phi) is 5.61. The molecule has 3 unspecified atom stereocenters. The van der Waals surface area contributed by atoms with Crippen LogP contribution in [-0.4, -0.2) is 29.7 Å². The van der Waals surface area contributed by atoms with E-state index in [1.54, 1.807) is 12.3 Å². The number of hydrogen-bond acceptors (Lipinski definition) is 4. The van der Waals surface area contributed by atoms with E-state index in [0.717, 1.165) is 25.0 Å². The summed E-state index contributed by atoms with van der Waals surface area (Å²) >= 11 is 0. The maximum atomic E-state index is 12.0. The third-order valence-electron chi connectivity index (χ3n) is 4.02. The molecule has 0 radical (unpaired) electrons. The summed E-state index contributed by atoms with van der Waals surface area (Å²) in [5.74, 6) is 0.976. The molecule has 0 aromatic carbocycles. The summed E-state index contributed by atoms with van der Waals surface area (Å²) in [5.41, 5.74) is 0. The zero-order valence-corrected chi connectivity index (χ0v) is 12.0. The Balaban J connectivity index is 1.77. The molecule has 1 aliphatic rings. The van der Waals surface area contributed by atoms with Crippen LogP contribution in [0.3, 0.4) is 0 Å². The SMILES string of the molecule is CC(NC1CCCCC1CO)C(=O)NCc1ccco1. The molecule has 2 rings (SSSR count). The lowest BCUT2D eigenvalue weighted by atomic mass is 9.84. The molecule has 5 nitrogen and oxygen atoms in total. The molecule has 1 fully saturated rings. The van der Waals surface area contributed by atoms with Crippen molar-refractivity contribution in [2.75, 3.05) is 6.61 Å². The van der Waals surface area contributed by atoms with Gasteiger partial charge in [-0.1, -0.05) is 12.8 Å². The molecule has 1 heterocycles. The van der Waals surface area contributed by atoms with E-state index in [1.807, 2.05) is 13.0 Å². The van der Waals surface area contributed by atoms with Crippen molar-refractivity contribution in [2.24, 2.45) is 5.92 Å². The van der Waals surface area contributed by atoms with Gasteiger partial charge in [0.15, 0.2) is 0 Å². The molecule has 20 heavy (non-hydrogen) atoms. The van der Waals surface area contributed by atoms with Gasteiger partial charge in [0, 0.05) is 12.6 Å². The van der Waals surface area contributed by atoms with Gasteiger partial charge in [-0.15, -0.1) is 0 Å². The van der Waals surface area contributed by atoms with Crippen LogP contribution in [0.5, 0.6) is 0 Å². The lowest BCUT2D eigenvalue weighted by molar-refractivity contribution is -0.123. The highest BCUT2D eigenvalue weighted by Crippen LogP contribution is 2.24. The molecule has 112 valence electrons. The van der Waals surface area contributed by atoms with Gasteiger partial charge in [-0.2, -0.15) is 0 Å². The Morgan fingerprint density at radius 2 is 2.30 bits per heavy atom. The fraction of sp³-hybridized carbons (Fsp3) is 0.667. The molecular weight excluding hydrogens is 256 g/mol. The molecule has 3 N–H and O–H groups in total. The molecule has 0 spiro atoms. The second-order valence-electron chi connectivity index (χ2n) is 5.52. The molecule has 0 aliphatic heterocycles. The maximum absolute atomic E-state index is 12.0. The number of aliphatic hydroxyl groups is 1. The van der Waals surface area contributed by atoms with Crippen LogP contribution in [0.1, 0.15) is 38.4 Å². The van der Waals surface area contributed by atoms with Gasteiger partial charge in [-0.25, -0.2) is 0 Å². The number of carbonyl (C=O) groups excluding carboxylic acids is 1. The molecular formula is C15H24N2O3. The molecule has 3 atom stereocenters. The first kappa shape index (κ1) is 15.1. The summed E-state index contributed by atoms with van der Waals surface area (Å²) in [4.78, 5) is 12.0. The summed E-state index contributed by atoms with van der Waals surface area (Å²) in [6, 6.07) is 3.61. The van der Waals surface area contributed by atoms with Crippen molar-refractivity contribution in [3.8, 4) is 0 Å². The van der Waals surface area contributed by atoms with E-state index in [1.165, 1.54) is 6.42 Å². The van der Waals surface area contributed by atoms with Crippen LogP contribution < -0.4 is 10.6 Å². The van der Waals surface area contributed by atoms with Crippen LogP contribution in [0, 0.1) is 5.92 Å². The van der Waals surface area contributed by atoms with E-state index < -0.39 is 0 Å². The Hall–Kier alpha value is -1.33. The fourth-order valence-corrected chi connectivity index (χ4v) is 2.78. The number of hydrogen-bond donors (Lipinski definition) is 3. The molecule has 1 aromatic heterocycles. The van der Waals surface area contributed by atoms with Crippen molar-refractivity contribution in [3.63, 3.8) is 0 Å². The van der Waals surface area contributed by atoms with E-state index in [0.29, 0.717) is 6.54 Å². The highest BCUT2D eigenvalue weighted by molar-refractivity contribution is 5.81. The van der Waals surface area contributed by atoms with Crippen molar-refractivity contribution < 1.29 is 14.3 Å². The maximum Gasteiger partial charge on any atom is 0.237 e. The second kappa shape index (κ2) is 7.45. The topological polar surface area (TPSA) is 74.5 Å². The first-order chi connectivity index (χ1) is 9.70. The van der Waals surface area contributed by atoms with Gasteiger partial charge < -0.3 is 20.2 Å². The van der Waals surface area contributed by atoms with Gasteiger partial charge in [-0.3, -0.25) is 4.79 Å². The standard InChI is InChI=1S/C15H24N2O3/c1-11(15(19)16-9-13-6-4-8-20-13)17-14-7-3-2-5-12(14)10-18/h4,6,8,11-12,14,17-18H,2-3,5,7,9-10H2,1H3,(H,16,19). The molecule has 0 saturated heterocycles. The number of furan rings is 1. The number of carbonyl (C=O) groups is 1. The first-order valence-corrected chi connectivity index (χ1v) is 7.37. The van der Waals surface area contributed by atoms with E-state index in [4.69, 9.17) is 4.42 Å². The third kappa shape index (κ3) is 4.08. The number of nitrogens with one attached hydrogen (secondary N) is 2. The Morgan fingerprint density at radius 1 is 1.50 bits per heavy atom. The van der Waals surface area contributed by atoms with Crippen LogP contribution in [0.4, 0.5) is 0 Å². The van der Waals surface area contributed by atoms with Gasteiger partial charge in [0.2, 0.25) is 5.91 Å². The zero-order valence-electron chi connectivity index (χ0n) is 12.0. The van der Waals surface area contributed by atoms with Gasteiger partial charge >= 0.3 is 0 Å². The molecule has 5 heteroatoms. The molecule has 0 bridgehead atoms. The van der Waals surface area contributed by atoms with Crippen molar-refractivity contribution in [1.29, 1.82) is 0 Å². The van der Waals surface area contributed by atoms with E-state index >= 15 is 0 Å². The zero-order chi connectivity index (χ0) is 14.4. The molecule has 1 aromatic rings. The summed E-state index contributed by atoms with van der Waals surface area (Å²) < 4.78 is 5.18. The largest absolute Gasteiger partial charge is 0.467 e. The number of rotatable bonds is 6. The van der Waals surface area contributed by atoms with Crippen molar-refractivity contribution >= 4 is 5.91 Å². The van der Waals surface area contributed by atoms with E-state index in [2.05, 4.69) is 10.6 Å². The number of aliphatic hydroxyl groups excluding tert-OH is 1. The monoisotopic (exact) mass is 280 g/mol. The quantitative estimate of drug-likeness (QED) is 0.737. The van der Waals surface area contributed by atoms with Crippen LogP contribution in [-0.2, 0) is 11.3 Å². The third-order valence-corrected chi connectivity index (χ3v) is 4.02. The minimum atomic E-state index is -0.262. The Morgan fingerprint density at radius 3 is 3.00 bits per heavy atom. The van der Waals surface area contributed by atoms with Crippen LogP contribution in [0.2, 0.25) is 0 Å². The molecule has 1 saturated carbocycles. The second-order valence-corrected chi connectivity index (χ2v) is 5.52. The van der Waals surface area contributed by atoms with E-state index in [-0.39, 0.29) is 30.5 Å². The average Bonchev–Trinajstić information content (AvgIpc) is 2.98. The lowest BCUT2D eigenvalue weighted by Gasteiger charge is -2.32. The van der Waals surface area contributed by atoms with Gasteiger partial charge in [0.25, 0.3) is 0 Å². The smallest absolute Gasteiger partial charge is 0.237 e. The predicted molar refractivity (Wildman–Crippen MR) is 76.0 cm³/mol. The Bertz CT molecular complexity index is 405. The average molecular weight is 280 g/mol. The van der Waals surface area contributed by atoms with Crippen LogP contribution in [0.25, 0.3) is 0 Å². The normalized spacial score (nSPS) is 24.3. The summed E-state index contributed by atoms with van der Waals surface area (Å²) in [7, 11) is 0. The Labute approximate surface area is 119 Å². The van der Waals surface area contributed by atoms with Crippen molar-refractivity contribution in [3.05, 3.63) is 24.2 Å². The number of amides is 1. The lowest BCUT2D eigenvalue weighted by Crippen LogP contribution is -2.50. The molecule has 1 amide bonds. The minimum Gasteiger partial charge on any atom is -0.467 e. The van der Waals surface area contributed by atoms with Crippen LogP contribution >= 0.6 is 0 Å². The fourth-order valence-electron chi connectivity index (χ4n) is 2.78. The van der Waals surface area contributed by atoms with Crippen molar-refractivity contribution in [2.45, 2.75) is 51.2 Å². The summed E-state index contributed by atoms with van der Waals surface area (Å²) in [6.07, 6.45) is 5.99. The molecule has 1 aliphatic carbocycles.